The second-order valence-corrected chi connectivity index (χ2v) is 6.11. The van der Waals surface area contributed by atoms with Crippen molar-refractivity contribution in [3.63, 3.8) is 0 Å². The molecule has 0 aliphatic heterocycles. The highest BCUT2D eigenvalue weighted by atomic mass is 35.5. The topological polar surface area (TPSA) is 29.5 Å². The van der Waals surface area contributed by atoms with E-state index in [1.807, 2.05) is 0 Å². The lowest BCUT2D eigenvalue weighted by Crippen LogP contribution is -2.06. The zero-order chi connectivity index (χ0) is 14.4. The number of ether oxygens (including phenoxy) is 1. The Morgan fingerprint density at radius 2 is 1.95 bits per heavy atom. The van der Waals surface area contributed by atoms with Crippen molar-refractivity contribution in [2.75, 3.05) is 13.7 Å². The summed E-state index contributed by atoms with van der Waals surface area (Å²) >= 11 is 6.50. The molecule has 1 aliphatic rings. The molecule has 2 nitrogen and oxygen atoms in total. The molecule has 0 radical (unpaired) electrons. The Labute approximate surface area is 127 Å². The van der Waals surface area contributed by atoms with E-state index in [1.165, 1.54) is 37.7 Å². The molecule has 1 aromatic carbocycles. The number of hydrogen-bond donors (Lipinski definition) is 1. The van der Waals surface area contributed by atoms with Crippen LogP contribution in [0, 0.1) is 0 Å². The van der Waals surface area contributed by atoms with Crippen molar-refractivity contribution in [1.29, 1.82) is 0 Å². The van der Waals surface area contributed by atoms with E-state index in [-0.39, 0.29) is 6.61 Å². The smallest absolute Gasteiger partial charge is 0.122 e. The maximum Gasteiger partial charge on any atom is 0.122 e. The van der Waals surface area contributed by atoms with Crippen LogP contribution in [0.3, 0.4) is 0 Å². The highest BCUT2D eigenvalue weighted by molar-refractivity contribution is 6.31. The number of halogens is 1. The molecule has 0 heterocycles. The number of benzene rings is 1. The summed E-state index contributed by atoms with van der Waals surface area (Å²) in [7, 11) is 1.73. The Kier molecular flexibility index (Phi) is 6.18. The number of methoxy groups -OCH3 is 1. The minimum Gasteiger partial charge on any atom is -0.496 e. The Morgan fingerprint density at radius 3 is 2.60 bits per heavy atom. The normalized spacial score (nSPS) is 16.4. The average molecular weight is 297 g/mol. The molecule has 0 bridgehead atoms. The van der Waals surface area contributed by atoms with Gasteiger partial charge in [0.1, 0.15) is 5.75 Å². The van der Waals surface area contributed by atoms with Crippen LogP contribution in [0.25, 0.3) is 0 Å². The van der Waals surface area contributed by atoms with Gasteiger partial charge in [-0.3, -0.25) is 0 Å². The fraction of sp³-hybridized carbons (Fsp3) is 0.647. The lowest BCUT2D eigenvalue weighted by molar-refractivity contribution is 0.284. The molecule has 3 heteroatoms. The molecule has 1 saturated carbocycles. The molecule has 20 heavy (non-hydrogen) atoms. The number of hydrogen-bond acceptors (Lipinski definition) is 2. The van der Waals surface area contributed by atoms with Gasteiger partial charge in [0.2, 0.25) is 0 Å². The lowest BCUT2D eigenvalue weighted by Gasteiger charge is -2.24. The quantitative estimate of drug-likeness (QED) is 0.770. The molecule has 0 saturated heterocycles. The second-order valence-electron chi connectivity index (χ2n) is 5.70. The standard InChI is InChI=1S/C17H25ClO2/c1-20-17-12-15(13-7-3-2-4-8-13)16(18)11-14(17)9-5-6-10-19/h11-13,19H,2-10H2,1H3. The molecular formula is C17H25ClO2. The van der Waals surface area contributed by atoms with Crippen molar-refractivity contribution in [1.82, 2.24) is 0 Å². The summed E-state index contributed by atoms with van der Waals surface area (Å²) in [6, 6.07) is 4.22. The SMILES string of the molecule is COc1cc(C2CCCCC2)c(Cl)cc1CCCCO. The minimum atomic E-state index is 0.246. The Hall–Kier alpha value is -0.730. The number of rotatable bonds is 6. The molecule has 0 unspecified atom stereocenters. The van der Waals surface area contributed by atoms with Gasteiger partial charge in [-0.1, -0.05) is 30.9 Å². The monoisotopic (exact) mass is 296 g/mol. The van der Waals surface area contributed by atoms with Crippen LogP contribution in [0.1, 0.15) is 62.0 Å². The largest absolute Gasteiger partial charge is 0.496 e. The first-order chi connectivity index (χ1) is 9.76. The first kappa shape index (κ1) is 15.7. The van der Waals surface area contributed by atoms with Crippen LogP contribution in [0.2, 0.25) is 5.02 Å². The van der Waals surface area contributed by atoms with E-state index in [9.17, 15) is 0 Å². The summed E-state index contributed by atoms with van der Waals surface area (Å²) in [5, 5.41) is 9.77. The van der Waals surface area contributed by atoms with E-state index >= 15 is 0 Å². The Bertz CT molecular complexity index is 425. The van der Waals surface area contributed by atoms with E-state index in [0.29, 0.717) is 5.92 Å². The molecular weight excluding hydrogens is 272 g/mol. The second kappa shape index (κ2) is 7.90. The van der Waals surface area contributed by atoms with Crippen LogP contribution in [0.5, 0.6) is 5.75 Å². The molecule has 0 atom stereocenters. The molecule has 0 amide bonds. The number of aryl methyl sites for hydroxylation is 1. The predicted octanol–water partition coefficient (Wildman–Crippen LogP) is 4.71. The van der Waals surface area contributed by atoms with E-state index in [2.05, 4.69) is 12.1 Å². The van der Waals surface area contributed by atoms with E-state index < -0.39 is 0 Å². The predicted molar refractivity (Wildman–Crippen MR) is 83.9 cm³/mol. The van der Waals surface area contributed by atoms with Gasteiger partial charge in [-0.25, -0.2) is 0 Å². The van der Waals surface area contributed by atoms with Crippen molar-refractivity contribution in [2.24, 2.45) is 0 Å². The highest BCUT2D eigenvalue weighted by Gasteiger charge is 2.20. The summed E-state index contributed by atoms with van der Waals surface area (Å²) in [5.74, 6) is 1.55. The van der Waals surface area contributed by atoms with Gasteiger partial charge in [-0.05, 0) is 61.3 Å². The fourth-order valence-electron chi connectivity index (χ4n) is 3.15. The number of unbranched alkanes of at least 4 members (excludes halogenated alkanes) is 1. The third-order valence-electron chi connectivity index (χ3n) is 4.30. The summed E-state index contributed by atoms with van der Waals surface area (Å²) in [6.07, 6.45) is 9.15. The highest BCUT2D eigenvalue weighted by Crippen LogP contribution is 2.39. The minimum absolute atomic E-state index is 0.246. The Balaban J connectivity index is 2.17. The van der Waals surface area contributed by atoms with E-state index in [0.717, 1.165) is 35.6 Å². The van der Waals surface area contributed by atoms with Crippen molar-refractivity contribution in [3.05, 3.63) is 28.3 Å². The molecule has 1 N–H and O–H groups in total. The van der Waals surface area contributed by atoms with E-state index in [4.69, 9.17) is 21.4 Å². The zero-order valence-electron chi connectivity index (χ0n) is 12.3. The molecule has 0 spiro atoms. The molecule has 1 aromatic rings. The van der Waals surface area contributed by atoms with Crippen LogP contribution in [-0.4, -0.2) is 18.8 Å². The third-order valence-corrected chi connectivity index (χ3v) is 4.63. The maximum atomic E-state index is 8.88. The van der Waals surface area contributed by atoms with Crippen molar-refractivity contribution in [2.45, 2.75) is 57.3 Å². The summed E-state index contributed by atoms with van der Waals surface area (Å²) in [6.45, 7) is 0.246. The van der Waals surface area contributed by atoms with Gasteiger partial charge >= 0.3 is 0 Å². The van der Waals surface area contributed by atoms with Crippen molar-refractivity contribution < 1.29 is 9.84 Å². The van der Waals surface area contributed by atoms with Crippen molar-refractivity contribution in [3.8, 4) is 5.75 Å². The van der Waals surface area contributed by atoms with Gasteiger partial charge in [0.05, 0.1) is 7.11 Å². The van der Waals surface area contributed by atoms with Gasteiger partial charge < -0.3 is 9.84 Å². The van der Waals surface area contributed by atoms with Gasteiger partial charge in [0.25, 0.3) is 0 Å². The first-order valence-corrected chi connectivity index (χ1v) is 8.11. The lowest BCUT2D eigenvalue weighted by atomic mass is 9.83. The van der Waals surface area contributed by atoms with Gasteiger partial charge in [0, 0.05) is 11.6 Å². The third kappa shape index (κ3) is 3.89. The van der Waals surface area contributed by atoms with Crippen LogP contribution < -0.4 is 4.74 Å². The van der Waals surface area contributed by atoms with Crippen LogP contribution in [0.4, 0.5) is 0 Å². The molecule has 0 aromatic heterocycles. The van der Waals surface area contributed by atoms with Crippen LogP contribution in [0.15, 0.2) is 12.1 Å². The first-order valence-electron chi connectivity index (χ1n) is 7.73. The van der Waals surface area contributed by atoms with Crippen molar-refractivity contribution >= 4 is 11.6 Å². The number of aliphatic hydroxyl groups is 1. The summed E-state index contributed by atoms with van der Waals surface area (Å²) in [5.41, 5.74) is 2.42. The molecule has 1 fully saturated rings. The molecule has 2 rings (SSSR count). The van der Waals surface area contributed by atoms with Gasteiger partial charge in [-0.2, -0.15) is 0 Å². The van der Waals surface area contributed by atoms with Crippen LogP contribution >= 0.6 is 11.6 Å². The zero-order valence-corrected chi connectivity index (χ0v) is 13.1. The molecule has 1 aliphatic carbocycles. The maximum absolute atomic E-state index is 8.88. The van der Waals surface area contributed by atoms with E-state index in [1.54, 1.807) is 7.11 Å². The fourth-order valence-corrected chi connectivity index (χ4v) is 3.49. The van der Waals surface area contributed by atoms with Gasteiger partial charge in [0.15, 0.2) is 0 Å². The van der Waals surface area contributed by atoms with Gasteiger partial charge in [-0.15, -0.1) is 0 Å². The number of aliphatic hydroxyl groups excluding tert-OH is 1. The average Bonchev–Trinajstić information content (AvgIpc) is 2.48. The van der Waals surface area contributed by atoms with Crippen LogP contribution in [-0.2, 0) is 6.42 Å². The summed E-state index contributed by atoms with van der Waals surface area (Å²) in [4.78, 5) is 0. The Morgan fingerprint density at radius 1 is 1.20 bits per heavy atom. The summed E-state index contributed by atoms with van der Waals surface area (Å²) < 4.78 is 5.54. The molecule has 112 valence electrons.